The minimum absolute atomic E-state index is 0.106. The van der Waals surface area contributed by atoms with E-state index >= 15 is 0 Å². The molecule has 0 aliphatic rings. The molecule has 142 valence electrons. The van der Waals surface area contributed by atoms with E-state index in [2.05, 4.69) is 29.2 Å². The summed E-state index contributed by atoms with van der Waals surface area (Å²) in [6.07, 6.45) is 3.94. The smallest absolute Gasteiger partial charge is 0.137 e. The van der Waals surface area contributed by atoms with E-state index in [1.807, 2.05) is 80.8 Å². The van der Waals surface area contributed by atoms with Gasteiger partial charge in [0.25, 0.3) is 0 Å². The van der Waals surface area contributed by atoms with Crippen molar-refractivity contribution in [2.75, 3.05) is 32.3 Å². The molecule has 28 heavy (non-hydrogen) atoms. The molecule has 5 heteroatoms. The highest BCUT2D eigenvalue weighted by Crippen LogP contribution is 2.32. The summed E-state index contributed by atoms with van der Waals surface area (Å²) < 4.78 is 0. The zero-order chi connectivity index (χ0) is 20.5. The fraction of sp³-hybridized carbons (Fsp3) is 0.217. The van der Waals surface area contributed by atoms with Gasteiger partial charge in [-0.1, -0.05) is 48.5 Å². The molecule has 2 aromatic rings. The molecule has 0 heterocycles. The summed E-state index contributed by atoms with van der Waals surface area (Å²) in [6, 6.07) is 22.2. The van der Waals surface area contributed by atoms with Crippen LogP contribution < -0.4 is 4.90 Å². The monoisotopic (exact) mass is 388 g/mol. The van der Waals surface area contributed by atoms with Crippen molar-refractivity contribution in [2.24, 2.45) is 0 Å². The van der Waals surface area contributed by atoms with E-state index in [1.165, 1.54) is 5.56 Å². The highest BCUT2D eigenvalue weighted by Gasteiger charge is 2.15. The summed E-state index contributed by atoms with van der Waals surface area (Å²) in [5, 5.41) is 20.1. The summed E-state index contributed by atoms with van der Waals surface area (Å²) in [6.45, 7) is 0.741. The van der Waals surface area contributed by atoms with Crippen LogP contribution in [-0.4, -0.2) is 32.3 Å². The molecule has 0 aliphatic carbocycles. The molecule has 0 amide bonds. The molecule has 0 bridgehead atoms. The van der Waals surface area contributed by atoms with Crippen molar-refractivity contribution in [1.82, 2.24) is 4.90 Å². The Morgan fingerprint density at radius 1 is 0.964 bits per heavy atom. The number of nitrogens with zero attached hydrogens (tertiary/aromatic N) is 4. The van der Waals surface area contributed by atoms with Crippen LogP contribution in [0.25, 0.3) is 5.57 Å². The van der Waals surface area contributed by atoms with Gasteiger partial charge < -0.3 is 9.80 Å². The van der Waals surface area contributed by atoms with Crippen LogP contribution >= 0.6 is 11.8 Å². The molecule has 0 spiro atoms. The van der Waals surface area contributed by atoms with Crippen molar-refractivity contribution in [1.29, 1.82) is 10.5 Å². The van der Waals surface area contributed by atoms with Gasteiger partial charge in [-0.15, -0.1) is 11.8 Å². The van der Waals surface area contributed by atoms with Gasteiger partial charge in [0, 0.05) is 44.5 Å². The van der Waals surface area contributed by atoms with Gasteiger partial charge in [0.15, 0.2) is 0 Å². The largest absolute Gasteiger partial charge is 0.377 e. The second-order valence-electron chi connectivity index (χ2n) is 6.45. The topological polar surface area (TPSA) is 54.1 Å². The third kappa shape index (κ3) is 5.19. The predicted octanol–water partition coefficient (Wildman–Crippen LogP) is 4.89. The number of hydrogen-bond acceptors (Lipinski definition) is 5. The highest BCUT2D eigenvalue weighted by atomic mass is 32.2. The second-order valence-corrected chi connectivity index (χ2v) is 7.28. The average Bonchev–Trinajstić information content (AvgIpc) is 2.71. The first kappa shape index (κ1) is 21.2. The Morgan fingerprint density at radius 3 is 2.14 bits per heavy atom. The lowest BCUT2D eigenvalue weighted by atomic mass is 9.98. The lowest BCUT2D eigenvalue weighted by Crippen LogP contribution is -2.16. The van der Waals surface area contributed by atoms with Crippen LogP contribution in [0, 0.1) is 22.7 Å². The number of hydrogen-bond donors (Lipinski definition) is 0. The molecular weight excluding hydrogens is 364 g/mol. The van der Waals surface area contributed by atoms with Crippen LogP contribution in [0.2, 0.25) is 0 Å². The van der Waals surface area contributed by atoms with Crippen molar-refractivity contribution in [3.8, 4) is 12.1 Å². The van der Waals surface area contributed by atoms with Gasteiger partial charge in [-0.2, -0.15) is 10.5 Å². The van der Waals surface area contributed by atoms with Crippen LogP contribution in [0.5, 0.6) is 0 Å². The minimum Gasteiger partial charge on any atom is -0.377 e. The number of thioether (sulfide) groups is 1. The average molecular weight is 389 g/mol. The van der Waals surface area contributed by atoms with Crippen LogP contribution in [0.3, 0.4) is 0 Å². The first-order valence-electron chi connectivity index (χ1n) is 8.83. The molecule has 0 aliphatic heterocycles. The Balaban J connectivity index is 2.54. The Morgan fingerprint density at radius 2 is 1.57 bits per heavy atom. The van der Waals surface area contributed by atoms with Crippen molar-refractivity contribution < 1.29 is 0 Å². The van der Waals surface area contributed by atoms with E-state index < -0.39 is 0 Å². The second kappa shape index (κ2) is 10.3. The van der Waals surface area contributed by atoms with E-state index in [9.17, 15) is 10.5 Å². The van der Waals surface area contributed by atoms with Crippen molar-refractivity contribution >= 4 is 23.0 Å². The summed E-state index contributed by atoms with van der Waals surface area (Å²) >= 11 is 1.59. The van der Waals surface area contributed by atoms with E-state index in [-0.39, 0.29) is 5.57 Å². The number of rotatable bonds is 7. The zero-order valence-corrected chi connectivity index (χ0v) is 17.5. The first-order valence-corrected chi connectivity index (χ1v) is 10.1. The van der Waals surface area contributed by atoms with Crippen LogP contribution in [0.1, 0.15) is 11.1 Å². The molecule has 2 aromatic carbocycles. The van der Waals surface area contributed by atoms with Gasteiger partial charge in [0.1, 0.15) is 17.7 Å². The van der Waals surface area contributed by atoms with Gasteiger partial charge in [0.2, 0.25) is 0 Å². The van der Waals surface area contributed by atoms with E-state index in [1.54, 1.807) is 11.8 Å². The molecule has 0 saturated heterocycles. The predicted molar refractivity (Wildman–Crippen MR) is 118 cm³/mol. The number of benzene rings is 2. The van der Waals surface area contributed by atoms with Crippen LogP contribution in [0.4, 0.5) is 5.69 Å². The SMILES string of the molecule is CS/C(=C/C(=C(C#N)C#N)c1ccccc1N(C)C)N(C)Cc1ccccc1. The van der Waals surface area contributed by atoms with Crippen LogP contribution in [0.15, 0.2) is 71.3 Å². The van der Waals surface area contributed by atoms with Gasteiger partial charge in [-0.05, 0) is 24.0 Å². The zero-order valence-electron chi connectivity index (χ0n) is 16.7. The Bertz CT molecular complexity index is 931. The van der Waals surface area contributed by atoms with E-state index in [0.29, 0.717) is 5.57 Å². The summed E-state index contributed by atoms with van der Waals surface area (Å²) in [5.74, 6) is 0. The number of allylic oxidation sites excluding steroid dienone is 3. The van der Waals surface area contributed by atoms with Crippen molar-refractivity contribution in [3.05, 3.63) is 82.4 Å². The molecule has 4 nitrogen and oxygen atoms in total. The number of nitriles is 2. The molecule has 0 aromatic heterocycles. The molecule has 0 radical (unpaired) electrons. The fourth-order valence-corrected chi connectivity index (χ4v) is 3.52. The molecule has 0 unspecified atom stereocenters. The lowest BCUT2D eigenvalue weighted by Gasteiger charge is -2.23. The number of anilines is 1. The minimum atomic E-state index is 0.106. The fourth-order valence-electron chi connectivity index (χ4n) is 2.91. The quantitative estimate of drug-likeness (QED) is 0.499. The maximum Gasteiger partial charge on any atom is 0.137 e. The van der Waals surface area contributed by atoms with Gasteiger partial charge in [0.05, 0.1) is 5.03 Å². The summed E-state index contributed by atoms with van der Waals surface area (Å²) in [7, 11) is 5.93. The normalized spacial score (nSPS) is 10.6. The van der Waals surface area contributed by atoms with E-state index in [4.69, 9.17) is 0 Å². The molecule has 0 saturated carbocycles. The Labute approximate surface area is 172 Å². The number of para-hydroxylation sites is 1. The van der Waals surface area contributed by atoms with Crippen molar-refractivity contribution in [2.45, 2.75) is 6.54 Å². The van der Waals surface area contributed by atoms with E-state index in [0.717, 1.165) is 22.8 Å². The molecule has 2 rings (SSSR count). The standard InChI is InChI=1S/C23H24N4S/c1-26(2)22-13-9-8-12-20(22)21(19(15-24)16-25)14-23(28-4)27(3)17-18-10-6-5-7-11-18/h5-14H,17H2,1-4H3/b23-14+. The highest BCUT2D eigenvalue weighted by molar-refractivity contribution is 8.02. The Hall–Kier alpha value is -3.15. The third-order valence-corrected chi connectivity index (χ3v) is 5.13. The first-order chi connectivity index (χ1) is 13.5. The molecule has 0 atom stereocenters. The maximum absolute atomic E-state index is 9.55. The third-order valence-electron chi connectivity index (χ3n) is 4.28. The lowest BCUT2D eigenvalue weighted by molar-refractivity contribution is 0.440. The van der Waals surface area contributed by atoms with Gasteiger partial charge >= 0.3 is 0 Å². The maximum atomic E-state index is 9.55. The molecular formula is C23H24N4S. The van der Waals surface area contributed by atoms with Crippen molar-refractivity contribution in [3.63, 3.8) is 0 Å². The summed E-state index contributed by atoms with van der Waals surface area (Å²) in [5.41, 5.74) is 3.77. The van der Waals surface area contributed by atoms with Gasteiger partial charge in [-0.25, -0.2) is 0 Å². The molecule has 0 fully saturated rings. The van der Waals surface area contributed by atoms with Gasteiger partial charge in [-0.3, -0.25) is 0 Å². The van der Waals surface area contributed by atoms with Crippen LogP contribution in [-0.2, 0) is 6.54 Å². The summed E-state index contributed by atoms with van der Waals surface area (Å²) in [4.78, 5) is 4.12. The Kier molecular flexibility index (Phi) is 7.75. The molecule has 0 N–H and O–H groups in total.